The van der Waals surface area contributed by atoms with Crippen LogP contribution in [0.15, 0.2) is 42.9 Å². The third-order valence-corrected chi connectivity index (χ3v) is 4.05. The first kappa shape index (κ1) is 16.5. The van der Waals surface area contributed by atoms with E-state index in [0.717, 1.165) is 5.56 Å². The van der Waals surface area contributed by atoms with Gasteiger partial charge in [0, 0.05) is 17.4 Å². The van der Waals surface area contributed by atoms with E-state index in [1.807, 2.05) is 0 Å². The summed E-state index contributed by atoms with van der Waals surface area (Å²) in [6.45, 7) is -0.303. The van der Waals surface area contributed by atoms with Gasteiger partial charge in [-0.05, 0) is 17.7 Å². The maximum absolute atomic E-state index is 12.0. The zero-order chi connectivity index (χ0) is 17.1. The monoisotopic (exact) mass is 366 g/mol. The molecular weight excluding hydrogens is 355 g/mol. The van der Waals surface area contributed by atoms with Crippen molar-refractivity contribution in [1.82, 2.24) is 20.4 Å². The number of alkyl halides is 1. The number of β-lactam (4-membered cyclic amide) rings is 1. The number of rotatable bonds is 5. The van der Waals surface area contributed by atoms with Crippen LogP contribution in [-0.2, 0) is 9.59 Å². The van der Waals surface area contributed by atoms with Crippen LogP contribution in [0, 0.1) is 0 Å². The van der Waals surface area contributed by atoms with Gasteiger partial charge in [0.1, 0.15) is 11.4 Å². The maximum atomic E-state index is 12.0. The Morgan fingerprint density at radius 1 is 1.29 bits per heavy atom. The van der Waals surface area contributed by atoms with Gasteiger partial charge in [-0.1, -0.05) is 23.7 Å². The molecule has 1 aliphatic rings. The van der Waals surface area contributed by atoms with Gasteiger partial charge in [-0.3, -0.25) is 20.0 Å². The molecule has 2 unspecified atom stereocenters. The molecule has 1 aliphatic heterocycles. The van der Waals surface area contributed by atoms with E-state index in [4.69, 9.17) is 27.9 Å². The summed E-state index contributed by atoms with van der Waals surface area (Å²) in [5, 5.41) is 1.01. The van der Waals surface area contributed by atoms with Crippen molar-refractivity contribution in [3.63, 3.8) is 0 Å². The highest BCUT2D eigenvalue weighted by Crippen LogP contribution is 2.37. The number of hydrogen-bond donors (Lipinski definition) is 1. The fraction of sp³-hybridized carbons (Fsp3) is 0.200. The average Bonchev–Trinajstić information content (AvgIpc) is 2.61. The summed E-state index contributed by atoms with van der Waals surface area (Å²) in [4.78, 5) is 31.6. The Morgan fingerprint density at radius 3 is 2.71 bits per heavy atom. The van der Waals surface area contributed by atoms with Crippen LogP contribution in [0.3, 0.4) is 0 Å². The fourth-order valence-electron chi connectivity index (χ4n) is 2.22. The van der Waals surface area contributed by atoms with Crippen molar-refractivity contribution >= 4 is 35.0 Å². The lowest BCUT2D eigenvalue weighted by molar-refractivity contribution is -0.157. The Hall–Kier alpha value is -2.38. The zero-order valence-corrected chi connectivity index (χ0v) is 13.7. The Kier molecular flexibility index (Phi) is 4.82. The number of hydrogen-bond acceptors (Lipinski definition) is 5. The molecule has 2 heterocycles. The van der Waals surface area contributed by atoms with Gasteiger partial charge >= 0.3 is 0 Å². The number of aromatic nitrogens is 2. The molecule has 0 saturated carbocycles. The number of nitrogens with zero attached hydrogens (tertiary/aromatic N) is 3. The van der Waals surface area contributed by atoms with Crippen LogP contribution in [0.2, 0.25) is 5.02 Å². The van der Waals surface area contributed by atoms with E-state index >= 15 is 0 Å². The molecule has 1 aromatic heterocycles. The standard InChI is InChI=1S/C15H12Cl2N4O3/c16-10-3-1-9(2-4-10)14-13(17)15(23)21(14)20-11(22)8-24-12-7-18-5-6-19-12/h1-7,13-14H,8H2,(H,20,22). The van der Waals surface area contributed by atoms with Crippen molar-refractivity contribution in [3.8, 4) is 5.88 Å². The molecule has 1 N–H and O–H groups in total. The molecule has 124 valence electrons. The normalized spacial score (nSPS) is 19.6. The summed E-state index contributed by atoms with van der Waals surface area (Å²) in [6, 6.07) is 6.44. The van der Waals surface area contributed by atoms with Crippen molar-refractivity contribution in [2.75, 3.05) is 6.61 Å². The van der Waals surface area contributed by atoms with Gasteiger partial charge in [-0.25, -0.2) is 9.99 Å². The minimum absolute atomic E-state index is 0.215. The summed E-state index contributed by atoms with van der Waals surface area (Å²) in [7, 11) is 0. The second-order valence-electron chi connectivity index (χ2n) is 4.97. The van der Waals surface area contributed by atoms with Crippen LogP contribution in [-0.4, -0.2) is 38.8 Å². The molecule has 24 heavy (non-hydrogen) atoms. The van der Waals surface area contributed by atoms with E-state index in [-0.39, 0.29) is 18.4 Å². The van der Waals surface area contributed by atoms with Gasteiger partial charge in [0.05, 0.1) is 6.20 Å². The molecule has 0 aliphatic carbocycles. The molecule has 1 saturated heterocycles. The van der Waals surface area contributed by atoms with Crippen LogP contribution in [0.1, 0.15) is 11.6 Å². The molecule has 0 radical (unpaired) electrons. The summed E-state index contributed by atoms with van der Waals surface area (Å²) >= 11 is 11.9. The summed E-state index contributed by atoms with van der Waals surface area (Å²) in [5.74, 6) is -0.673. The molecule has 9 heteroatoms. The highest BCUT2D eigenvalue weighted by molar-refractivity contribution is 6.33. The number of halogens is 2. The number of nitrogens with one attached hydrogen (secondary N) is 1. The van der Waals surface area contributed by atoms with Crippen LogP contribution in [0.4, 0.5) is 0 Å². The van der Waals surface area contributed by atoms with Gasteiger partial charge in [0.2, 0.25) is 5.88 Å². The van der Waals surface area contributed by atoms with Crippen molar-refractivity contribution < 1.29 is 14.3 Å². The highest BCUT2D eigenvalue weighted by atomic mass is 35.5. The molecule has 7 nitrogen and oxygen atoms in total. The predicted molar refractivity (Wildman–Crippen MR) is 86.3 cm³/mol. The lowest BCUT2D eigenvalue weighted by atomic mass is 9.95. The summed E-state index contributed by atoms with van der Waals surface area (Å²) in [5.41, 5.74) is 3.26. The number of benzene rings is 1. The molecule has 0 bridgehead atoms. The Labute approximate surface area is 147 Å². The first-order valence-electron chi connectivity index (χ1n) is 6.97. The minimum Gasteiger partial charge on any atom is -0.466 e. The maximum Gasteiger partial charge on any atom is 0.276 e. The van der Waals surface area contributed by atoms with Crippen molar-refractivity contribution in [2.45, 2.75) is 11.4 Å². The largest absolute Gasteiger partial charge is 0.466 e. The molecule has 2 atom stereocenters. The average molecular weight is 367 g/mol. The smallest absolute Gasteiger partial charge is 0.276 e. The summed E-state index contributed by atoms with van der Waals surface area (Å²) < 4.78 is 5.18. The van der Waals surface area contributed by atoms with E-state index in [1.165, 1.54) is 23.6 Å². The van der Waals surface area contributed by atoms with E-state index in [2.05, 4.69) is 15.4 Å². The SMILES string of the molecule is O=C(COc1cnccn1)NN1C(=O)C(Cl)C1c1ccc(Cl)cc1. The fourth-order valence-corrected chi connectivity index (χ4v) is 2.71. The minimum atomic E-state index is -0.743. The Bertz CT molecular complexity index is 742. The molecule has 1 aromatic carbocycles. The lowest BCUT2D eigenvalue weighted by Gasteiger charge is -2.43. The summed E-state index contributed by atoms with van der Waals surface area (Å²) in [6.07, 6.45) is 4.32. The quantitative estimate of drug-likeness (QED) is 0.643. The van der Waals surface area contributed by atoms with Gasteiger partial charge in [0.15, 0.2) is 6.61 Å². The third kappa shape index (κ3) is 3.42. The van der Waals surface area contributed by atoms with Crippen LogP contribution < -0.4 is 10.2 Å². The van der Waals surface area contributed by atoms with Crippen LogP contribution in [0.25, 0.3) is 0 Å². The van der Waals surface area contributed by atoms with Crippen molar-refractivity contribution in [3.05, 3.63) is 53.4 Å². The first-order valence-corrected chi connectivity index (χ1v) is 7.78. The van der Waals surface area contributed by atoms with Gasteiger partial charge < -0.3 is 4.74 Å². The molecule has 3 rings (SSSR count). The van der Waals surface area contributed by atoms with E-state index < -0.39 is 17.3 Å². The molecule has 2 amide bonds. The van der Waals surface area contributed by atoms with Gasteiger partial charge in [-0.15, -0.1) is 11.6 Å². The van der Waals surface area contributed by atoms with E-state index in [1.54, 1.807) is 24.3 Å². The lowest BCUT2D eigenvalue weighted by Crippen LogP contribution is -2.63. The Morgan fingerprint density at radius 2 is 2.04 bits per heavy atom. The molecule has 1 fully saturated rings. The van der Waals surface area contributed by atoms with Crippen molar-refractivity contribution in [1.29, 1.82) is 0 Å². The van der Waals surface area contributed by atoms with E-state index in [0.29, 0.717) is 5.02 Å². The second kappa shape index (κ2) is 7.02. The second-order valence-corrected chi connectivity index (χ2v) is 5.88. The topological polar surface area (TPSA) is 84.4 Å². The third-order valence-electron chi connectivity index (χ3n) is 3.38. The van der Waals surface area contributed by atoms with Gasteiger partial charge in [0.25, 0.3) is 11.8 Å². The molecule has 2 aromatic rings. The van der Waals surface area contributed by atoms with Gasteiger partial charge in [-0.2, -0.15) is 0 Å². The molecule has 0 spiro atoms. The number of carbonyl (C=O) groups is 2. The number of carbonyl (C=O) groups excluding carboxylic acids is 2. The van der Waals surface area contributed by atoms with Crippen molar-refractivity contribution in [2.24, 2.45) is 0 Å². The van der Waals surface area contributed by atoms with Crippen LogP contribution in [0.5, 0.6) is 5.88 Å². The predicted octanol–water partition coefficient (Wildman–Crippen LogP) is 1.73. The first-order chi connectivity index (χ1) is 11.6. The number of ether oxygens (including phenoxy) is 1. The zero-order valence-electron chi connectivity index (χ0n) is 12.2. The highest BCUT2D eigenvalue weighted by Gasteiger charge is 2.48. The number of amides is 2. The van der Waals surface area contributed by atoms with Crippen LogP contribution >= 0.6 is 23.2 Å². The number of hydrazine groups is 1. The molecular formula is C15H12Cl2N4O3. The Balaban J connectivity index is 1.61. The van der Waals surface area contributed by atoms with E-state index in [9.17, 15) is 9.59 Å².